The number of aryl methyl sites for hydroxylation is 1. The summed E-state index contributed by atoms with van der Waals surface area (Å²) in [7, 11) is 3.79. The first kappa shape index (κ1) is 12.2. The van der Waals surface area contributed by atoms with Gasteiger partial charge in [-0.15, -0.1) is 0 Å². The van der Waals surface area contributed by atoms with Crippen molar-refractivity contribution in [1.82, 2.24) is 9.78 Å². The highest BCUT2D eigenvalue weighted by Crippen LogP contribution is 2.17. The molecule has 1 aromatic heterocycles. The van der Waals surface area contributed by atoms with Crippen LogP contribution >= 0.6 is 0 Å². The number of hydrogen-bond donors (Lipinski definition) is 1. The second kappa shape index (κ2) is 4.91. The SMILES string of the molecule is CN(Cc1cnn(C)c1)c1cccc(C(=O)O)c1. The molecule has 0 unspecified atom stereocenters. The molecule has 1 heterocycles. The van der Waals surface area contributed by atoms with Crippen molar-refractivity contribution in [3.8, 4) is 0 Å². The number of carboxylic acids is 1. The Hall–Kier alpha value is -2.30. The van der Waals surface area contributed by atoms with Crippen LogP contribution in [0.3, 0.4) is 0 Å². The summed E-state index contributed by atoms with van der Waals surface area (Å²) < 4.78 is 1.75. The molecule has 18 heavy (non-hydrogen) atoms. The molecule has 94 valence electrons. The van der Waals surface area contributed by atoms with E-state index in [0.717, 1.165) is 11.3 Å². The fourth-order valence-electron chi connectivity index (χ4n) is 1.80. The first-order valence-corrected chi connectivity index (χ1v) is 5.58. The Labute approximate surface area is 105 Å². The third kappa shape index (κ3) is 2.68. The molecular formula is C13H15N3O2. The van der Waals surface area contributed by atoms with Crippen LogP contribution in [0.2, 0.25) is 0 Å². The van der Waals surface area contributed by atoms with Gasteiger partial charge >= 0.3 is 5.97 Å². The summed E-state index contributed by atoms with van der Waals surface area (Å²) in [4.78, 5) is 12.9. The highest BCUT2D eigenvalue weighted by molar-refractivity contribution is 5.88. The number of carboxylic acid groups (broad SMARTS) is 1. The van der Waals surface area contributed by atoms with Gasteiger partial charge in [0.15, 0.2) is 0 Å². The van der Waals surface area contributed by atoms with E-state index in [9.17, 15) is 4.79 Å². The number of aromatic carboxylic acids is 1. The van der Waals surface area contributed by atoms with E-state index in [1.165, 1.54) is 0 Å². The summed E-state index contributed by atoms with van der Waals surface area (Å²) in [5, 5.41) is 13.1. The van der Waals surface area contributed by atoms with Crippen LogP contribution in [-0.2, 0) is 13.6 Å². The van der Waals surface area contributed by atoms with E-state index < -0.39 is 5.97 Å². The molecule has 0 aliphatic heterocycles. The second-order valence-electron chi connectivity index (χ2n) is 4.23. The lowest BCUT2D eigenvalue weighted by atomic mass is 10.2. The van der Waals surface area contributed by atoms with Crippen molar-refractivity contribution in [2.75, 3.05) is 11.9 Å². The third-order valence-electron chi connectivity index (χ3n) is 2.71. The highest BCUT2D eigenvalue weighted by atomic mass is 16.4. The van der Waals surface area contributed by atoms with Crippen LogP contribution in [0.5, 0.6) is 0 Å². The van der Waals surface area contributed by atoms with Gasteiger partial charge < -0.3 is 10.0 Å². The number of aromatic nitrogens is 2. The molecule has 1 N–H and O–H groups in total. The predicted octanol–water partition coefficient (Wildman–Crippen LogP) is 1.75. The zero-order chi connectivity index (χ0) is 13.1. The summed E-state index contributed by atoms with van der Waals surface area (Å²) >= 11 is 0. The van der Waals surface area contributed by atoms with Gasteiger partial charge in [-0.3, -0.25) is 4.68 Å². The van der Waals surface area contributed by atoms with Gasteiger partial charge in [0.25, 0.3) is 0 Å². The van der Waals surface area contributed by atoms with Crippen LogP contribution in [0.25, 0.3) is 0 Å². The minimum Gasteiger partial charge on any atom is -0.478 e. The van der Waals surface area contributed by atoms with E-state index in [0.29, 0.717) is 12.1 Å². The number of benzene rings is 1. The molecular weight excluding hydrogens is 230 g/mol. The van der Waals surface area contributed by atoms with E-state index in [-0.39, 0.29) is 0 Å². The van der Waals surface area contributed by atoms with Crippen LogP contribution in [0.1, 0.15) is 15.9 Å². The van der Waals surface area contributed by atoms with E-state index in [1.54, 1.807) is 29.1 Å². The van der Waals surface area contributed by atoms with Gasteiger partial charge in [-0.1, -0.05) is 6.07 Å². The standard InChI is InChI=1S/C13H15N3O2/c1-15(8-10-7-14-16(2)9-10)12-5-3-4-11(6-12)13(17)18/h3-7,9H,8H2,1-2H3,(H,17,18). The van der Waals surface area contributed by atoms with Crippen molar-refractivity contribution in [2.24, 2.45) is 7.05 Å². The largest absolute Gasteiger partial charge is 0.478 e. The van der Waals surface area contributed by atoms with E-state index in [2.05, 4.69) is 5.10 Å². The molecule has 0 aliphatic rings. The van der Waals surface area contributed by atoms with Crippen molar-refractivity contribution in [3.63, 3.8) is 0 Å². The normalized spacial score (nSPS) is 10.3. The summed E-state index contributed by atoms with van der Waals surface area (Å²) in [6.45, 7) is 0.691. The Morgan fingerprint density at radius 2 is 2.28 bits per heavy atom. The lowest BCUT2D eigenvalue weighted by molar-refractivity contribution is 0.0697. The van der Waals surface area contributed by atoms with Crippen molar-refractivity contribution in [3.05, 3.63) is 47.8 Å². The molecule has 0 aliphatic carbocycles. The van der Waals surface area contributed by atoms with Crippen LogP contribution in [0.4, 0.5) is 5.69 Å². The van der Waals surface area contributed by atoms with Crippen LogP contribution < -0.4 is 4.90 Å². The summed E-state index contributed by atoms with van der Waals surface area (Å²) in [5.74, 6) is -0.911. The molecule has 0 saturated carbocycles. The van der Waals surface area contributed by atoms with Crippen LogP contribution in [0.15, 0.2) is 36.7 Å². The van der Waals surface area contributed by atoms with Gasteiger partial charge in [0.1, 0.15) is 0 Å². The number of rotatable bonds is 4. The molecule has 0 amide bonds. The van der Waals surface area contributed by atoms with Gasteiger partial charge in [-0.05, 0) is 18.2 Å². The lowest BCUT2D eigenvalue weighted by Gasteiger charge is -2.18. The maximum absolute atomic E-state index is 10.9. The van der Waals surface area contributed by atoms with Crippen molar-refractivity contribution in [2.45, 2.75) is 6.54 Å². The van der Waals surface area contributed by atoms with Crippen molar-refractivity contribution >= 4 is 11.7 Å². The molecule has 2 rings (SSSR count). The fourth-order valence-corrected chi connectivity index (χ4v) is 1.80. The molecule has 0 spiro atoms. The first-order chi connectivity index (χ1) is 8.56. The van der Waals surface area contributed by atoms with Gasteiger partial charge in [0.05, 0.1) is 11.8 Å². The Morgan fingerprint density at radius 3 is 2.89 bits per heavy atom. The molecule has 5 heteroatoms. The molecule has 0 atom stereocenters. The minimum atomic E-state index is -0.911. The molecule has 0 fully saturated rings. The summed E-state index contributed by atoms with van der Waals surface area (Å²) in [6.07, 6.45) is 3.75. The second-order valence-corrected chi connectivity index (χ2v) is 4.23. The Kier molecular flexibility index (Phi) is 3.32. The molecule has 0 bridgehead atoms. The van der Waals surface area contributed by atoms with Gasteiger partial charge in [0.2, 0.25) is 0 Å². The molecule has 0 radical (unpaired) electrons. The number of anilines is 1. The van der Waals surface area contributed by atoms with Gasteiger partial charge in [-0.25, -0.2) is 4.79 Å². The van der Waals surface area contributed by atoms with Crippen molar-refractivity contribution in [1.29, 1.82) is 0 Å². The topological polar surface area (TPSA) is 58.4 Å². The monoisotopic (exact) mass is 245 g/mol. The fraction of sp³-hybridized carbons (Fsp3) is 0.231. The van der Waals surface area contributed by atoms with Crippen molar-refractivity contribution < 1.29 is 9.90 Å². The average molecular weight is 245 g/mol. The smallest absolute Gasteiger partial charge is 0.335 e. The van der Waals surface area contributed by atoms with Crippen LogP contribution in [0, 0.1) is 0 Å². The Bertz CT molecular complexity index is 563. The zero-order valence-electron chi connectivity index (χ0n) is 10.4. The summed E-state index contributed by atoms with van der Waals surface area (Å²) in [5.41, 5.74) is 2.25. The number of carbonyl (C=O) groups is 1. The molecule has 5 nitrogen and oxygen atoms in total. The Morgan fingerprint density at radius 1 is 1.50 bits per heavy atom. The predicted molar refractivity (Wildman–Crippen MR) is 68.7 cm³/mol. The highest BCUT2D eigenvalue weighted by Gasteiger charge is 2.07. The van der Waals surface area contributed by atoms with E-state index in [4.69, 9.17) is 5.11 Å². The summed E-state index contributed by atoms with van der Waals surface area (Å²) in [6, 6.07) is 6.89. The van der Waals surface area contributed by atoms with E-state index in [1.807, 2.05) is 31.3 Å². The zero-order valence-corrected chi connectivity index (χ0v) is 10.4. The molecule has 2 aromatic rings. The maximum Gasteiger partial charge on any atom is 0.335 e. The number of nitrogens with zero attached hydrogens (tertiary/aromatic N) is 3. The average Bonchev–Trinajstić information content (AvgIpc) is 2.75. The quantitative estimate of drug-likeness (QED) is 0.891. The maximum atomic E-state index is 10.9. The Balaban J connectivity index is 2.15. The third-order valence-corrected chi connectivity index (χ3v) is 2.71. The van der Waals surface area contributed by atoms with Gasteiger partial charge in [0, 0.05) is 38.1 Å². The first-order valence-electron chi connectivity index (χ1n) is 5.58. The molecule has 1 aromatic carbocycles. The van der Waals surface area contributed by atoms with E-state index >= 15 is 0 Å². The minimum absolute atomic E-state index is 0.297. The van der Waals surface area contributed by atoms with Crippen LogP contribution in [-0.4, -0.2) is 27.9 Å². The molecule has 0 saturated heterocycles. The lowest BCUT2D eigenvalue weighted by Crippen LogP contribution is -2.16. The van der Waals surface area contributed by atoms with Gasteiger partial charge in [-0.2, -0.15) is 5.10 Å². The number of hydrogen-bond acceptors (Lipinski definition) is 3.